The molecule has 0 aliphatic rings. The van der Waals surface area contributed by atoms with Crippen LogP contribution in [0.2, 0.25) is 0 Å². The minimum Gasteiger partial charge on any atom is -0.382 e. The molecule has 3 aromatic rings. The summed E-state index contributed by atoms with van der Waals surface area (Å²) in [5.74, 6) is 0.200. The van der Waals surface area contributed by atoms with Crippen molar-refractivity contribution >= 4 is 27.4 Å². The summed E-state index contributed by atoms with van der Waals surface area (Å²) in [6.07, 6.45) is 2.63. The van der Waals surface area contributed by atoms with Crippen LogP contribution in [0.1, 0.15) is 13.8 Å². The van der Waals surface area contributed by atoms with E-state index in [1.165, 1.54) is 23.6 Å². The van der Waals surface area contributed by atoms with E-state index in [9.17, 15) is 4.39 Å². The molecular formula is C13H13FN4S. The Hall–Kier alpha value is -2.08. The molecule has 0 amide bonds. The number of rotatable bonds is 1. The van der Waals surface area contributed by atoms with Crippen LogP contribution in [0, 0.1) is 5.82 Å². The molecule has 3 aromatic heterocycles. The van der Waals surface area contributed by atoms with Crippen LogP contribution in [-0.2, 0) is 0 Å². The summed E-state index contributed by atoms with van der Waals surface area (Å²) in [6, 6.07) is 3.36. The molecule has 2 N–H and O–H groups in total. The number of thiophene rings is 1. The number of hydrogen-bond acceptors (Lipinski definition) is 5. The fourth-order valence-corrected chi connectivity index (χ4v) is 2.30. The average Bonchev–Trinajstić information content (AvgIpc) is 2.90. The first-order valence-corrected chi connectivity index (χ1v) is 6.74. The maximum atomic E-state index is 13.6. The van der Waals surface area contributed by atoms with Gasteiger partial charge in [-0.15, -0.1) is 11.3 Å². The Kier molecular flexibility index (Phi) is 4.01. The molecule has 0 fully saturated rings. The standard InChI is InChI=1S/C11H7FN4S.C2H6/c12-7-5-14-3-1-6(7)11-15-8-2-4-17-9(8)10(13)16-11;1-2/h1-5H,(H2,13,15,16);1-2H3. The highest BCUT2D eigenvalue weighted by Crippen LogP contribution is 2.27. The summed E-state index contributed by atoms with van der Waals surface area (Å²) in [6.45, 7) is 4.00. The van der Waals surface area contributed by atoms with E-state index in [-0.39, 0.29) is 5.82 Å². The van der Waals surface area contributed by atoms with E-state index in [1.807, 2.05) is 25.3 Å². The Balaban J connectivity index is 0.000000637. The van der Waals surface area contributed by atoms with Gasteiger partial charge in [0.05, 0.1) is 22.0 Å². The lowest BCUT2D eigenvalue weighted by molar-refractivity contribution is 0.624. The molecule has 19 heavy (non-hydrogen) atoms. The quantitative estimate of drug-likeness (QED) is 0.738. The Labute approximate surface area is 114 Å². The van der Waals surface area contributed by atoms with Gasteiger partial charge in [0.2, 0.25) is 0 Å². The fraction of sp³-hybridized carbons (Fsp3) is 0.154. The SMILES string of the molecule is CC.Nc1nc(-c2ccncc2F)nc2ccsc12. The Bertz CT molecular complexity index is 696. The van der Waals surface area contributed by atoms with Gasteiger partial charge in [0, 0.05) is 6.20 Å². The van der Waals surface area contributed by atoms with Crippen LogP contribution in [0.5, 0.6) is 0 Å². The Morgan fingerprint density at radius 3 is 2.74 bits per heavy atom. The predicted molar refractivity (Wildman–Crippen MR) is 76.4 cm³/mol. The second-order valence-corrected chi connectivity index (χ2v) is 4.34. The van der Waals surface area contributed by atoms with Crippen molar-refractivity contribution in [1.29, 1.82) is 0 Å². The molecule has 0 saturated carbocycles. The van der Waals surface area contributed by atoms with E-state index in [0.29, 0.717) is 11.4 Å². The zero-order valence-corrected chi connectivity index (χ0v) is 11.4. The number of nitrogens with two attached hydrogens (primary N) is 1. The highest BCUT2D eigenvalue weighted by atomic mass is 32.1. The molecule has 0 radical (unpaired) electrons. The number of hydrogen-bond donors (Lipinski definition) is 1. The minimum absolute atomic E-state index is 0.285. The number of aromatic nitrogens is 3. The molecule has 0 aliphatic carbocycles. The van der Waals surface area contributed by atoms with Crippen LogP contribution < -0.4 is 5.73 Å². The number of fused-ring (bicyclic) bond motifs is 1. The van der Waals surface area contributed by atoms with Gasteiger partial charge in [-0.3, -0.25) is 4.98 Å². The summed E-state index contributed by atoms with van der Waals surface area (Å²) >= 11 is 1.47. The van der Waals surface area contributed by atoms with Crippen molar-refractivity contribution in [1.82, 2.24) is 15.0 Å². The first-order chi connectivity index (χ1) is 9.25. The van der Waals surface area contributed by atoms with Crippen molar-refractivity contribution < 1.29 is 4.39 Å². The van der Waals surface area contributed by atoms with Gasteiger partial charge in [-0.25, -0.2) is 14.4 Å². The lowest BCUT2D eigenvalue weighted by atomic mass is 10.2. The van der Waals surface area contributed by atoms with Crippen molar-refractivity contribution in [2.45, 2.75) is 13.8 Å². The van der Waals surface area contributed by atoms with Gasteiger partial charge >= 0.3 is 0 Å². The van der Waals surface area contributed by atoms with E-state index in [1.54, 1.807) is 0 Å². The smallest absolute Gasteiger partial charge is 0.165 e. The third-order valence-electron chi connectivity index (χ3n) is 2.34. The highest BCUT2D eigenvalue weighted by molar-refractivity contribution is 7.17. The zero-order chi connectivity index (χ0) is 13.8. The molecule has 6 heteroatoms. The molecule has 0 unspecified atom stereocenters. The average molecular weight is 276 g/mol. The van der Waals surface area contributed by atoms with E-state index in [2.05, 4.69) is 15.0 Å². The number of pyridine rings is 1. The summed E-state index contributed by atoms with van der Waals surface area (Å²) in [5, 5.41) is 1.88. The van der Waals surface area contributed by atoms with E-state index >= 15 is 0 Å². The van der Waals surface area contributed by atoms with Crippen LogP contribution in [0.4, 0.5) is 10.2 Å². The number of nitrogens with zero attached hydrogens (tertiary/aromatic N) is 3. The molecular weight excluding hydrogens is 263 g/mol. The van der Waals surface area contributed by atoms with Gasteiger partial charge < -0.3 is 5.73 Å². The largest absolute Gasteiger partial charge is 0.382 e. The van der Waals surface area contributed by atoms with Gasteiger partial charge in [0.15, 0.2) is 11.6 Å². The summed E-state index contributed by atoms with van der Waals surface area (Å²) in [5.41, 5.74) is 6.85. The third-order valence-corrected chi connectivity index (χ3v) is 3.27. The first kappa shape index (κ1) is 13.4. The second kappa shape index (κ2) is 5.71. The molecule has 0 bridgehead atoms. The molecule has 98 valence electrons. The molecule has 0 atom stereocenters. The lowest BCUT2D eigenvalue weighted by Crippen LogP contribution is -1.97. The Morgan fingerprint density at radius 1 is 1.21 bits per heavy atom. The molecule has 0 aliphatic heterocycles. The summed E-state index contributed by atoms with van der Waals surface area (Å²) in [7, 11) is 0. The fourth-order valence-electron chi connectivity index (χ4n) is 1.56. The van der Waals surface area contributed by atoms with Gasteiger partial charge in [0.1, 0.15) is 5.82 Å². The monoisotopic (exact) mass is 276 g/mol. The van der Waals surface area contributed by atoms with Crippen LogP contribution in [-0.4, -0.2) is 15.0 Å². The number of halogens is 1. The summed E-state index contributed by atoms with van der Waals surface area (Å²) in [4.78, 5) is 12.1. The van der Waals surface area contributed by atoms with Crippen LogP contribution in [0.15, 0.2) is 29.9 Å². The van der Waals surface area contributed by atoms with Gasteiger partial charge in [-0.1, -0.05) is 13.8 Å². The van der Waals surface area contributed by atoms with Gasteiger partial charge in [0.25, 0.3) is 0 Å². The number of anilines is 1. The van der Waals surface area contributed by atoms with Crippen LogP contribution in [0.3, 0.4) is 0 Å². The molecule has 0 saturated heterocycles. The van der Waals surface area contributed by atoms with Crippen molar-refractivity contribution in [3.63, 3.8) is 0 Å². The maximum absolute atomic E-state index is 13.6. The van der Waals surface area contributed by atoms with Crippen molar-refractivity contribution in [2.24, 2.45) is 0 Å². The van der Waals surface area contributed by atoms with Crippen LogP contribution in [0.25, 0.3) is 21.6 Å². The van der Waals surface area contributed by atoms with Gasteiger partial charge in [-0.05, 0) is 17.5 Å². The zero-order valence-electron chi connectivity index (χ0n) is 10.6. The second-order valence-electron chi connectivity index (χ2n) is 3.42. The molecule has 4 nitrogen and oxygen atoms in total. The van der Waals surface area contributed by atoms with E-state index in [0.717, 1.165) is 16.4 Å². The molecule has 3 rings (SSSR count). The van der Waals surface area contributed by atoms with Crippen molar-refractivity contribution in [3.05, 3.63) is 35.7 Å². The lowest BCUT2D eigenvalue weighted by Gasteiger charge is -2.03. The van der Waals surface area contributed by atoms with Gasteiger partial charge in [-0.2, -0.15) is 0 Å². The molecule has 3 heterocycles. The van der Waals surface area contributed by atoms with Crippen molar-refractivity contribution in [2.75, 3.05) is 5.73 Å². The topological polar surface area (TPSA) is 64.7 Å². The predicted octanol–water partition coefficient (Wildman–Crippen LogP) is 3.50. The molecule has 0 spiro atoms. The first-order valence-electron chi connectivity index (χ1n) is 5.86. The maximum Gasteiger partial charge on any atom is 0.165 e. The minimum atomic E-state index is -0.457. The molecule has 0 aromatic carbocycles. The normalized spacial score (nSPS) is 10.1. The highest BCUT2D eigenvalue weighted by Gasteiger charge is 2.11. The number of nitrogen functional groups attached to an aromatic ring is 1. The van der Waals surface area contributed by atoms with Crippen molar-refractivity contribution in [3.8, 4) is 11.4 Å². The Morgan fingerprint density at radius 2 is 2.00 bits per heavy atom. The van der Waals surface area contributed by atoms with Crippen LogP contribution >= 0.6 is 11.3 Å². The van der Waals surface area contributed by atoms with E-state index in [4.69, 9.17) is 5.73 Å². The summed E-state index contributed by atoms with van der Waals surface area (Å²) < 4.78 is 14.4. The van der Waals surface area contributed by atoms with E-state index < -0.39 is 5.82 Å². The third kappa shape index (κ3) is 2.53.